The lowest BCUT2D eigenvalue weighted by Gasteiger charge is -2.27. The Balaban J connectivity index is 2.00. The summed E-state index contributed by atoms with van der Waals surface area (Å²) in [5.41, 5.74) is 0.538. The van der Waals surface area contributed by atoms with Crippen molar-refractivity contribution in [3.63, 3.8) is 0 Å². The van der Waals surface area contributed by atoms with E-state index in [1.165, 1.54) is 0 Å². The maximum atomic E-state index is 12.4. The molecule has 0 aromatic heterocycles. The molecule has 0 bridgehead atoms. The molecule has 7 heteroatoms. The molecule has 1 aromatic rings. The fourth-order valence-electron chi connectivity index (χ4n) is 2.47. The van der Waals surface area contributed by atoms with E-state index in [2.05, 4.69) is 21.2 Å². The Bertz CT molecular complexity index is 670. The first-order valence-corrected chi connectivity index (χ1v) is 6.80. The number of carbonyl (C=O) groups is 4. The minimum absolute atomic E-state index is 0.116. The maximum absolute atomic E-state index is 12.4. The molecule has 1 aromatic carbocycles. The zero-order valence-electron chi connectivity index (χ0n) is 10.2. The van der Waals surface area contributed by atoms with E-state index < -0.39 is 23.8 Å². The number of piperidine rings is 1. The molecule has 1 saturated heterocycles. The van der Waals surface area contributed by atoms with Gasteiger partial charge in [0.1, 0.15) is 6.04 Å². The molecule has 20 heavy (non-hydrogen) atoms. The van der Waals surface area contributed by atoms with Crippen molar-refractivity contribution in [2.24, 2.45) is 0 Å². The predicted octanol–water partition coefficient (Wildman–Crippen LogP) is 0.850. The maximum Gasteiger partial charge on any atom is 0.263 e. The van der Waals surface area contributed by atoms with Crippen LogP contribution in [0.5, 0.6) is 0 Å². The average Bonchev–Trinajstić information content (AvgIpc) is 2.64. The molecule has 102 valence electrons. The summed E-state index contributed by atoms with van der Waals surface area (Å²) in [6.45, 7) is 0. The highest BCUT2D eigenvalue weighted by molar-refractivity contribution is 9.10. The number of halogens is 1. The van der Waals surface area contributed by atoms with E-state index in [0.717, 1.165) is 4.90 Å². The Morgan fingerprint density at radius 2 is 1.90 bits per heavy atom. The van der Waals surface area contributed by atoms with E-state index in [-0.39, 0.29) is 29.9 Å². The molecular formula is C13H9BrN2O4. The topological polar surface area (TPSA) is 83.6 Å². The molecule has 3 rings (SSSR count). The number of imide groups is 2. The van der Waals surface area contributed by atoms with E-state index in [1.807, 2.05) is 0 Å². The van der Waals surface area contributed by atoms with Crippen molar-refractivity contribution in [2.75, 3.05) is 0 Å². The second kappa shape index (κ2) is 4.52. The van der Waals surface area contributed by atoms with E-state index in [0.29, 0.717) is 4.47 Å². The zero-order chi connectivity index (χ0) is 14.4. The number of fused-ring (bicyclic) bond motifs is 1. The highest BCUT2D eigenvalue weighted by Gasteiger charge is 2.45. The third-order valence-electron chi connectivity index (χ3n) is 3.42. The number of rotatable bonds is 1. The Hall–Kier alpha value is -2.02. The molecule has 0 spiro atoms. The van der Waals surface area contributed by atoms with Gasteiger partial charge in [0.25, 0.3) is 11.8 Å². The monoisotopic (exact) mass is 336 g/mol. The van der Waals surface area contributed by atoms with E-state index in [4.69, 9.17) is 0 Å². The Morgan fingerprint density at radius 3 is 2.55 bits per heavy atom. The fourth-order valence-corrected chi connectivity index (χ4v) is 3.01. The summed E-state index contributed by atoms with van der Waals surface area (Å²) in [6.07, 6.45) is 0.277. The van der Waals surface area contributed by atoms with Gasteiger partial charge in [0.2, 0.25) is 11.8 Å². The Kier molecular flexibility index (Phi) is 2.93. The SMILES string of the molecule is O=C1CC[C@H](N2C(=O)c3cccc(Br)c3C2=O)C(=O)N1. The summed E-state index contributed by atoms with van der Waals surface area (Å²) in [5.74, 6) is -2.00. The summed E-state index contributed by atoms with van der Waals surface area (Å²) in [7, 11) is 0. The number of hydrogen-bond acceptors (Lipinski definition) is 4. The summed E-state index contributed by atoms with van der Waals surface area (Å²) in [4.78, 5) is 48.6. The van der Waals surface area contributed by atoms with Gasteiger partial charge in [-0.25, -0.2) is 0 Å². The van der Waals surface area contributed by atoms with Gasteiger partial charge in [-0.05, 0) is 34.5 Å². The number of amides is 4. The molecule has 2 heterocycles. The molecule has 1 atom stereocenters. The molecule has 4 amide bonds. The second-order valence-electron chi connectivity index (χ2n) is 4.61. The van der Waals surface area contributed by atoms with E-state index >= 15 is 0 Å². The van der Waals surface area contributed by atoms with E-state index in [9.17, 15) is 19.2 Å². The lowest BCUT2D eigenvalue weighted by atomic mass is 10.0. The van der Waals surface area contributed by atoms with Crippen LogP contribution in [0.4, 0.5) is 0 Å². The molecule has 0 unspecified atom stereocenters. The Labute approximate surface area is 122 Å². The van der Waals surface area contributed by atoms with Gasteiger partial charge >= 0.3 is 0 Å². The molecular weight excluding hydrogens is 328 g/mol. The van der Waals surface area contributed by atoms with Crippen LogP contribution in [-0.2, 0) is 9.59 Å². The van der Waals surface area contributed by atoms with Crippen molar-refractivity contribution in [1.82, 2.24) is 10.2 Å². The van der Waals surface area contributed by atoms with Crippen LogP contribution in [-0.4, -0.2) is 34.6 Å². The van der Waals surface area contributed by atoms with Gasteiger partial charge in [0.15, 0.2) is 0 Å². The van der Waals surface area contributed by atoms with Crippen LogP contribution in [0, 0.1) is 0 Å². The first kappa shape index (κ1) is 13.0. The van der Waals surface area contributed by atoms with Gasteiger partial charge < -0.3 is 0 Å². The van der Waals surface area contributed by atoms with Gasteiger partial charge in [-0.1, -0.05) is 6.07 Å². The number of benzene rings is 1. The molecule has 0 radical (unpaired) electrons. The predicted molar refractivity (Wildman–Crippen MR) is 70.8 cm³/mol. The minimum Gasteiger partial charge on any atom is -0.295 e. The third kappa shape index (κ3) is 1.77. The van der Waals surface area contributed by atoms with Crippen LogP contribution >= 0.6 is 15.9 Å². The molecule has 0 aliphatic carbocycles. The first-order chi connectivity index (χ1) is 9.50. The number of nitrogens with one attached hydrogen (secondary N) is 1. The van der Waals surface area contributed by atoms with Crippen molar-refractivity contribution in [3.05, 3.63) is 33.8 Å². The van der Waals surface area contributed by atoms with Gasteiger partial charge in [0, 0.05) is 10.9 Å². The van der Waals surface area contributed by atoms with E-state index in [1.54, 1.807) is 18.2 Å². The van der Waals surface area contributed by atoms with Crippen LogP contribution < -0.4 is 5.32 Å². The summed E-state index contributed by atoms with van der Waals surface area (Å²) in [6, 6.07) is 3.94. The second-order valence-corrected chi connectivity index (χ2v) is 5.46. The molecule has 6 nitrogen and oxygen atoms in total. The lowest BCUT2D eigenvalue weighted by Crippen LogP contribution is -2.54. The first-order valence-electron chi connectivity index (χ1n) is 6.01. The van der Waals surface area contributed by atoms with Gasteiger partial charge in [-0.2, -0.15) is 0 Å². The Morgan fingerprint density at radius 1 is 1.15 bits per heavy atom. The number of carbonyl (C=O) groups excluding carboxylic acids is 4. The van der Waals surface area contributed by atoms with Gasteiger partial charge in [0.05, 0.1) is 11.1 Å². The van der Waals surface area contributed by atoms with Gasteiger partial charge in [-0.15, -0.1) is 0 Å². The standard InChI is InChI=1S/C13H9BrN2O4/c14-7-3-1-2-6-10(7)13(20)16(12(6)19)8-4-5-9(17)15-11(8)18/h1-3,8H,4-5H2,(H,15,17,18)/t8-/m0/s1. The van der Waals surface area contributed by atoms with Crippen molar-refractivity contribution in [2.45, 2.75) is 18.9 Å². The molecule has 0 saturated carbocycles. The highest BCUT2D eigenvalue weighted by Crippen LogP contribution is 2.32. The summed E-state index contributed by atoms with van der Waals surface area (Å²) >= 11 is 3.24. The number of hydrogen-bond donors (Lipinski definition) is 1. The smallest absolute Gasteiger partial charge is 0.263 e. The van der Waals surface area contributed by atoms with Crippen LogP contribution in [0.3, 0.4) is 0 Å². The molecule has 1 N–H and O–H groups in total. The molecule has 2 aliphatic heterocycles. The minimum atomic E-state index is -0.924. The van der Waals surface area contributed by atoms with Crippen molar-refractivity contribution in [1.29, 1.82) is 0 Å². The average molecular weight is 337 g/mol. The summed E-state index contributed by atoms with van der Waals surface area (Å²) in [5, 5.41) is 2.15. The molecule has 2 aliphatic rings. The number of nitrogens with zero attached hydrogens (tertiary/aromatic N) is 1. The van der Waals surface area contributed by atoms with Crippen LogP contribution in [0.25, 0.3) is 0 Å². The quantitative estimate of drug-likeness (QED) is 0.770. The third-order valence-corrected chi connectivity index (χ3v) is 4.08. The van der Waals surface area contributed by atoms with Gasteiger partial charge in [-0.3, -0.25) is 29.4 Å². The summed E-state index contributed by atoms with van der Waals surface area (Å²) < 4.78 is 0.517. The van der Waals surface area contributed by atoms with Crippen molar-refractivity contribution in [3.8, 4) is 0 Å². The van der Waals surface area contributed by atoms with Crippen molar-refractivity contribution < 1.29 is 19.2 Å². The normalized spacial score (nSPS) is 22.1. The fraction of sp³-hybridized carbons (Fsp3) is 0.231. The largest absolute Gasteiger partial charge is 0.295 e. The zero-order valence-corrected chi connectivity index (χ0v) is 11.8. The van der Waals surface area contributed by atoms with Crippen LogP contribution in [0.15, 0.2) is 22.7 Å². The highest BCUT2D eigenvalue weighted by atomic mass is 79.9. The lowest BCUT2D eigenvalue weighted by molar-refractivity contribution is -0.136. The van der Waals surface area contributed by atoms with Crippen molar-refractivity contribution >= 4 is 39.6 Å². The molecule has 1 fully saturated rings. The van der Waals surface area contributed by atoms with Crippen LogP contribution in [0.2, 0.25) is 0 Å². The van der Waals surface area contributed by atoms with Crippen LogP contribution in [0.1, 0.15) is 33.6 Å².